The van der Waals surface area contributed by atoms with Crippen LogP contribution in [0.2, 0.25) is 0 Å². The highest BCUT2D eigenvalue weighted by molar-refractivity contribution is 5.86. The van der Waals surface area contributed by atoms with Crippen LogP contribution in [0.4, 0.5) is 4.79 Å². The Labute approximate surface area is 159 Å². The Kier molecular flexibility index (Phi) is 4.49. The molecule has 152 valence electrons. The number of hydrogen-bond acceptors (Lipinski definition) is 7. The Morgan fingerprint density at radius 3 is 2.44 bits per heavy atom. The summed E-state index contributed by atoms with van der Waals surface area (Å²) in [5.41, 5.74) is -1.50. The number of cyclic esters (lactones) is 1. The molecule has 2 saturated heterocycles. The predicted molar refractivity (Wildman–Crippen MR) is 93.5 cm³/mol. The van der Waals surface area contributed by atoms with Crippen molar-refractivity contribution in [3.05, 3.63) is 0 Å². The van der Waals surface area contributed by atoms with Gasteiger partial charge in [0, 0.05) is 32.2 Å². The first-order chi connectivity index (χ1) is 12.3. The van der Waals surface area contributed by atoms with E-state index in [1.165, 1.54) is 4.90 Å². The van der Waals surface area contributed by atoms with Crippen molar-refractivity contribution < 1.29 is 33.3 Å². The molecule has 0 bridgehead atoms. The van der Waals surface area contributed by atoms with Crippen LogP contribution in [0.5, 0.6) is 0 Å². The molecular weight excluding hydrogens is 354 g/mol. The Morgan fingerprint density at radius 1 is 1.26 bits per heavy atom. The number of fused-ring (bicyclic) bond motifs is 4. The Hall–Kier alpha value is -1.83. The molecule has 5 atom stereocenters. The fraction of sp³-hybridized carbons (Fsp3) is 0.842. The molecule has 0 aromatic rings. The van der Waals surface area contributed by atoms with E-state index in [0.29, 0.717) is 0 Å². The van der Waals surface area contributed by atoms with Crippen molar-refractivity contribution in [3.63, 3.8) is 0 Å². The molecule has 2 heterocycles. The lowest BCUT2D eigenvalue weighted by atomic mass is 9.53. The van der Waals surface area contributed by atoms with E-state index in [1.54, 1.807) is 41.5 Å². The standard InChI is InChI=1S/C19H29NO7/c1-8-24-15(22)13-11-10(9-20(13)16(23)26-17(2,3)4)19(7)12(11)14(21)25-18(5,6)27-19/h10-13H,8-9H2,1-7H3/t10-,11+,12+,13+,19+/m1/s1. The van der Waals surface area contributed by atoms with Gasteiger partial charge < -0.3 is 18.9 Å². The highest BCUT2D eigenvalue weighted by atomic mass is 16.7. The first-order valence-electron chi connectivity index (χ1n) is 9.40. The van der Waals surface area contributed by atoms with Crippen molar-refractivity contribution in [3.8, 4) is 0 Å². The summed E-state index contributed by atoms with van der Waals surface area (Å²) in [5, 5.41) is 0. The summed E-state index contributed by atoms with van der Waals surface area (Å²) in [6, 6.07) is -0.889. The van der Waals surface area contributed by atoms with Crippen molar-refractivity contribution >= 4 is 18.0 Å². The van der Waals surface area contributed by atoms with E-state index < -0.39 is 52.9 Å². The van der Waals surface area contributed by atoms with Crippen LogP contribution in [0.3, 0.4) is 0 Å². The zero-order valence-corrected chi connectivity index (χ0v) is 17.0. The SMILES string of the molecule is CCOC(=O)[C@@H]1[C@H]2[C@@H](CN1C(=O)OC(C)(C)C)[C@]1(C)OC(C)(C)OC(=O)[C@H]21. The van der Waals surface area contributed by atoms with E-state index in [2.05, 4.69) is 0 Å². The minimum atomic E-state index is -1.05. The normalized spacial score (nSPS) is 36.9. The highest BCUT2D eigenvalue weighted by Crippen LogP contribution is 2.61. The monoisotopic (exact) mass is 383 g/mol. The number of likely N-dealkylation sites (tertiary alicyclic amines) is 1. The van der Waals surface area contributed by atoms with Gasteiger partial charge in [0.25, 0.3) is 0 Å². The molecule has 3 fully saturated rings. The molecule has 0 radical (unpaired) electrons. The van der Waals surface area contributed by atoms with Gasteiger partial charge in [-0.2, -0.15) is 0 Å². The second-order valence-electron chi connectivity index (χ2n) is 9.10. The number of hydrogen-bond donors (Lipinski definition) is 0. The van der Waals surface area contributed by atoms with Gasteiger partial charge in [-0.1, -0.05) is 0 Å². The summed E-state index contributed by atoms with van der Waals surface area (Å²) in [5.74, 6) is -3.21. The topological polar surface area (TPSA) is 91.4 Å². The largest absolute Gasteiger partial charge is 0.464 e. The van der Waals surface area contributed by atoms with E-state index in [0.717, 1.165) is 0 Å². The van der Waals surface area contributed by atoms with Crippen LogP contribution >= 0.6 is 0 Å². The van der Waals surface area contributed by atoms with Gasteiger partial charge in [-0.15, -0.1) is 0 Å². The van der Waals surface area contributed by atoms with Gasteiger partial charge in [0.2, 0.25) is 5.79 Å². The molecule has 0 unspecified atom stereocenters. The average molecular weight is 383 g/mol. The van der Waals surface area contributed by atoms with Crippen LogP contribution in [-0.4, -0.2) is 59.1 Å². The van der Waals surface area contributed by atoms with Crippen LogP contribution < -0.4 is 0 Å². The van der Waals surface area contributed by atoms with Crippen molar-refractivity contribution in [2.24, 2.45) is 17.8 Å². The van der Waals surface area contributed by atoms with Crippen LogP contribution in [0.1, 0.15) is 48.5 Å². The molecule has 2 aliphatic heterocycles. The number of nitrogens with zero attached hydrogens (tertiary/aromatic N) is 1. The second-order valence-corrected chi connectivity index (χ2v) is 9.10. The Bertz CT molecular complexity index is 667. The molecule has 0 aromatic heterocycles. The Balaban J connectivity index is 1.93. The molecule has 8 nitrogen and oxygen atoms in total. The van der Waals surface area contributed by atoms with Crippen LogP contribution in [-0.2, 0) is 28.5 Å². The predicted octanol–water partition coefficient (Wildman–Crippen LogP) is 2.10. The highest BCUT2D eigenvalue weighted by Gasteiger charge is 2.75. The van der Waals surface area contributed by atoms with Crippen molar-refractivity contribution in [1.82, 2.24) is 4.90 Å². The molecule has 0 aromatic carbocycles. The molecule has 1 amide bonds. The lowest BCUT2D eigenvalue weighted by Gasteiger charge is -2.60. The van der Waals surface area contributed by atoms with Crippen LogP contribution in [0.25, 0.3) is 0 Å². The van der Waals surface area contributed by atoms with Crippen LogP contribution in [0.15, 0.2) is 0 Å². The number of carbonyl (C=O) groups excluding carboxylic acids is 3. The lowest BCUT2D eigenvalue weighted by molar-refractivity contribution is -0.352. The molecule has 1 aliphatic carbocycles. The first kappa shape index (κ1) is 19.9. The maximum absolute atomic E-state index is 12.8. The molecule has 3 rings (SSSR count). The van der Waals surface area contributed by atoms with Gasteiger partial charge in [0.15, 0.2) is 0 Å². The van der Waals surface area contributed by atoms with Gasteiger partial charge in [-0.3, -0.25) is 9.69 Å². The molecule has 0 N–H and O–H groups in total. The van der Waals surface area contributed by atoms with Crippen molar-refractivity contribution in [2.45, 2.75) is 71.5 Å². The maximum Gasteiger partial charge on any atom is 0.411 e. The van der Waals surface area contributed by atoms with E-state index in [9.17, 15) is 14.4 Å². The molecular formula is C19H29NO7. The molecule has 3 aliphatic rings. The third kappa shape index (κ3) is 3.17. The van der Waals surface area contributed by atoms with E-state index in [-0.39, 0.29) is 19.1 Å². The summed E-state index contributed by atoms with van der Waals surface area (Å²) in [7, 11) is 0. The van der Waals surface area contributed by atoms with E-state index in [1.807, 2.05) is 6.92 Å². The third-order valence-corrected chi connectivity index (χ3v) is 5.52. The van der Waals surface area contributed by atoms with E-state index in [4.69, 9.17) is 18.9 Å². The number of rotatable bonds is 2. The minimum absolute atomic E-state index is 0.184. The van der Waals surface area contributed by atoms with Gasteiger partial charge in [-0.25, -0.2) is 9.59 Å². The fourth-order valence-corrected chi connectivity index (χ4v) is 4.75. The number of esters is 2. The van der Waals surface area contributed by atoms with Gasteiger partial charge in [0.05, 0.1) is 18.1 Å². The maximum atomic E-state index is 12.8. The third-order valence-electron chi connectivity index (χ3n) is 5.52. The summed E-state index contributed by atoms with van der Waals surface area (Å²) in [4.78, 5) is 39.5. The smallest absolute Gasteiger partial charge is 0.411 e. The van der Waals surface area contributed by atoms with E-state index >= 15 is 0 Å². The average Bonchev–Trinajstić information content (AvgIpc) is 2.80. The number of ether oxygens (including phenoxy) is 4. The first-order valence-corrected chi connectivity index (χ1v) is 9.40. The summed E-state index contributed by atoms with van der Waals surface area (Å²) >= 11 is 0. The lowest BCUT2D eigenvalue weighted by Crippen LogP contribution is -2.72. The molecule has 8 heteroatoms. The summed E-state index contributed by atoms with van der Waals surface area (Å²) in [6.07, 6.45) is -0.595. The second kappa shape index (κ2) is 6.09. The quantitative estimate of drug-likeness (QED) is 0.533. The number of amides is 1. The Morgan fingerprint density at radius 2 is 1.89 bits per heavy atom. The minimum Gasteiger partial charge on any atom is -0.464 e. The zero-order chi connectivity index (χ0) is 20.4. The van der Waals surface area contributed by atoms with Gasteiger partial charge in [-0.05, 0) is 34.6 Å². The molecule has 27 heavy (non-hydrogen) atoms. The summed E-state index contributed by atoms with van der Waals surface area (Å²) in [6.45, 7) is 12.7. The molecule has 1 saturated carbocycles. The van der Waals surface area contributed by atoms with Crippen molar-refractivity contribution in [2.75, 3.05) is 13.2 Å². The number of carbonyl (C=O) groups is 3. The van der Waals surface area contributed by atoms with Gasteiger partial charge >= 0.3 is 18.0 Å². The van der Waals surface area contributed by atoms with Crippen molar-refractivity contribution in [1.29, 1.82) is 0 Å². The van der Waals surface area contributed by atoms with Crippen LogP contribution in [0, 0.1) is 17.8 Å². The summed E-state index contributed by atoms with van der Waals surface area (Å²) < 4.78 is 22.2. The zero-order valence-electron chi connectivity index (χ0n) is 17.0. The molecule has 0 spiro atoms. The van der Waals surface area contributed by atoms with Gasteiger partial charge in [0.1, 0.15) is 11.6 Å². The fourth-order valence-electron chi connectivity index (χ4n) is 4.75.